The van der Waals surface area contributed by atoms with Gasteiger partial charge >= 0.3 is 5.97 Å². The van der Waals surface area contributed by atoms with Gasteiger partial charge in [-0.25, -0.2) is 0 Å². The van der Waals surface area contributed by atoms with Crippen molar-refractivity contribution in [2.45, 2.75) is 26.2 Å². The maximum Gasteiger partial charge on any atom is 0.323 e. The second-order valence-electron chi connectivity index (χ2n) is 3.93. The SMILES string of the molecule is CCOC(=O)[C@@]12C=CC[C@@H](CC1)C2=O. The van der Waals surface area contributed by atoms with Crippen LogP contribution in [0.25, 0.3) is 0 Å². The molecule has 0 unspecified atom stereocenters. The summed E-state index contributed by atoms with van der Waals surface area (Å²) in [6.45, 7) is 2.10. The molecule has 76 valence electrons. The molecule has 2 aliphatic rings. The number of allylic oxidation sites excluding steroid dienone is 1. The van der Waals surface area contributed by atoms with Gasteiger partial charge in [0.15, 0.2) is 5.78 Å². The van der Waals surface area contributed by atoms with E-state index in [0.717, 1.165) is 12.8 Å². The van der Waals surface area contributed by atoms with Crippen LogP contribution in [0.5, 0.6) is 0 Å². The Bertz CT molecular complexity index is 306. The molecule has 3 heteroatoms. The highest BCUT2D eigenvalue weighted by Crippen LogP contribution is 2.45. The zero-order valence-corrected chi connectivity index (χ0v) is 8.29. The molecule has 2 atom stereocenters. The van der Waals surface area contributed by atoms with Gasteiger partial charge in [0, 0.05) is 5.92 Å². The fourth-order valence-corrected chi connectivity index (χ4v) is 2.37. The third-order valence-electron chi connectivity index (χ3n) is 3.16. The van der Waals surface area contributed by atoms with Gasteiger partial charge < -0.3 is 4.74 Å². The smallest absolute Gasteiger partial charge is 0.323 e. The lowest BCUT2D eigenvalue weighted by Crippen LogP contribution is -2.38. The molecule has 3 nitrogen and oxygen atoms in total. The Hall–Kier alpha value is -1.12. The lowest BCUT2D eigenvalue weighted by Gasteiger charge is -2.24. The van der Waals surface area contributed by atoms with Crippen LogP contribution in [-0.2, 0) is 14.3 Å². The Labute approximate surface area is 83.1 Å². The summed E-state index contributed by atoms with van der Waals surface area (Å²) in [5.41, 5.74) is -0.918. The Morgan fingerprint density at radius 3 is 3.21 bits per heavy atom. The fourth-order valence-electron chi connectivity index (χ4n) is 2.37. The van der Waals surface area contributed by atoms with Crippen molar-refractivity contribution in [3.05, 3.63) is 12.2 Å². The first kappa shape index (κ1) is 9.44. The normalized spacial score (nSPS) is 34.6. The van der Waals surface area contributed by atoms with Crippen LogP contribution in [0.15, 0.2) is 12.2 Å². The monoisotopic (exact) mass is 194 g/mol. The molecule has 0 spiro atoms. The quantitative estimate of drug-likeness (QED) is 0.380. The van der Waals surface area contributed by atoms with E-state index in [1.54, 1.807) is 13.0 Å². The summed E-state index contributed by atoms with van der Waals surface area (Å²) >= 11 is 0. The molecule has 0 aliphatic heterocycles. The van der Waals surface area contributed by atoms with Crippen molar-refractivity contribution in [2.75, 3.05) is 6.61 Å². The van der Waals surface area contributed by atoms with Gasteiger partial charge in [0.1, 0.15) is 5.41 Å². The zero-order chi connectivity index (χ0) is 10.2. The van der Waals surface area contributed by atoms with Crippen molar-refractivity contribution < 1.29 is 14.3 Å². The van der Waals surface area contributed by atoms with Crippen molar-refractivity contribution in [2.24, 2.45) is 11.3 Å². The molecular formula is C11H14O3. The fraction of sp³-hybridized carbons (Fsp3) is 0.636. The summed E-state index contributed by atoms with van der Waals surface area (Å²) < 4.78 is 4.96. The Balaban J connectivity index is 2.29. The van der Waals surface area contributed by atoms with Crippen LogP contribution in [0.3, 0.4) is 0 Å². The van der Waals surface area contributed by atoms with Crippen LogP contribution in [0.1, 0.15) is 26.2 Å². The molecule has 1 fully saturated rings. The molecule has 2 aliphatic carbocycles. The standard InChI is InChI=1S/C11H14O3/c1-2-14-10(13)11-6-3-4-8(5-7-11)9(11)12/h3,6,8H,2,4-5,7H2,1H3/t8-,11-/m0/s1. The van der Waals surface area contributed by atoms with Crippen LogP contribution >= 0.6 is 0 Å². The maximum absolute atomic E-state index is 11.9. The Morgan fingerprint density at radius 1 is 1.71 bits per heavy atom. The maximum atomic E-state index is 11.9. The van der Waals surface area contributed by atoms with Gasteiger partial charge in [-0.1, -0.05) is 12.2 Å². The molecule has 0 N–H and O–H groups in total. The predicted octanol–water partition coefficient (Wildman–Crippen LogP) is 1.47. The third kappa shape index (κ3) is 1.11. The molecule has 14 heavy (non-hydrogen) atoms. The van der Waals surface area contributed by atoms with Crippen molar-refractivity contribution in [1.82, 2.24) is 0 Å². The molecule has 2 bridgehead atoms. The molecule has 0 amide bonds. The minimum atomic E-state index is -0.918. The largest absolute Gasteiger partial charge is 0.465 e. The van der Waals surface area contributed by atoms with Crippen LogP contribution in [-0.4, -0.2) is 18.4 Å². The molecule has 0 radical (unpaired) electrons. The second-order valence-corrected chi connectivity index (χ2v) is 3.93. The number of ether oxygens (including phenoxy) is 1. The zero-order valence-electron chi connectivity index (χ0n) is 8.29. The number of hydrogen-bond acceptors (Lipinski definition) is 3. The Kier molecular flexibility index (Phi) is 2.17. The van der Waals surface area contributed by atoms with E-state index in [0.29, 0.717) is 13.0 Å². The van der Waals surface area contributed by atoms with Crippen LogP contribution in [0.4, 0.5) is 0 Å². The van der Waals surface area contributed by atoms with E-state index < -0.39 is 5.41 Å². The molecule has 0 aromatic carbocycles. The minimum Gasteiger partial charge on any atom is -0.465 e. The summed E-state index contributed by atoms with van der Waals surface area (Å²) in [5, 5.41) is 0. The van der Waals surface area contributed by atoms with Gasteiger partial charge in [-0.2, -0.15) is 0 Å². The van der Waals surface area contributed by atoms with E-state index >= 15 is 0 Å². The lowest BCUT2D eigenvalue weighted by molar-refractivity contribution is -0.156. The van der Waals surface area contributed by atoms with Crippen molar-refractivity contribution in [3.63, 3.8) is 0 Å². The van der Waals surface area contributed by atoms with Crippen LogP contribution < -0.4 is 0 Å². The summed E-state index contributed by atoms with van der Waals surface area (Å²) in [6.07, 6.45) is 5.93. The molecule has 0 saturated heterocycles. The number of carbonyl (C=O) groups is 2. The summed E-state index contributed by atoms with van der Waals surface area (Å²) in [7, 11) is 0. The van der Waals surface area contributed by atoms with Crippen LogP contribution in [0.2, 0.25) is 0 Å². The van der Waals surface area contributed by atoms with Gasteiger partial charge in [-0.3, -0.25) is 9.59 Å². The highest BCUT2D eigenvalue weighted by Gasteiger charge is 2.53. The summed E-state index contributed by atoms with van der Waals surface area (Å²) in [6, 6.07) is 0. The molecule has 2 rings (SSSR count). The van der Waals surface area contributed by atoms with Gasteiger partial charge in [0.2, 0.25) is 0 Å². The predicted molar refractivity (Wildman–Crippen MR) is 50.6 cm³/mol. The number of carbonyl (C=O) groups excluding carboxylic acids is 2. The highest BCUT2D eigenvalue weighted by molar-refractivity contribution is 6.09. The van der Waals surface area contributed by atoms with E-state index in [2.05, 4.69) is 0 Å². The first-order chi connectivity index (χ1) is 6.70. The van der Waals surface area contributed by atoms with Crippen molar-refractivity contribution in [1.29, 1.82) is 0 Å². The molecular weight excluding hydrogens is 180 g/mol. The number of hydrogen-bond donors (Lipinski definition) is 0. The number of Topliss-reactive ketones (excluding diaryl/α,β-unsaturated/α-hetero) is 1. The van der Waals surface area contributed by atoms with E-state index in [9.17, 15) is 9.59 Å². The van der Waals surface area contributed by atoms with E-state index in [1.165, 1.54) is 0 Å². The average molecular weight is 194 g/mol. The molecule has 0 aromatic rings. The molecule has 0 aromatic heterocycles. The van der Waals surface area contributed by atoms with Crippen molar-refractivity contribution >= 4 is 11.8 Å². The van der Waals surface area contributed by atoms with Gasteiger partial charge in [0.25, 0.3) is 0 Å². The van der Waals surface area contributed by atoms with Gasteiger partial charge in [0.05, 0.1) is 6.61 Å². The summed E-state index contributed by atoms with van der Waals surface area (Å²) in [4.78, 5) is 23.6. The molecule has 0 heterocycles. The first-order valence-electron chi connectivity index (χ1n) is 5.10. The second kappa shape index (κ2) is 3.23. The van der Waals surface area contributed by atoms with E-state index in [4.69, 9.17) is 4.74 Å². The van der Waals surface area contributed by atoms with Crippen molar-refractivity contribution in [3.8, 4) is 0 Å². The van der Waals surface area contributed by atoms with Gasteiger partial charge in [-0.15, -0.1) is 0 Å². The topological polar surface area (TPSA) is 43.4 Å². The average Bonchev–Trinajstić information content (AvgIpc) is 2.40. The molecule has 1 saturated carbocycles. The van der Waals surface area contributed by atoms with E-state index in [-0.39, 0.29) is 17.7 Å². The Morgan fingerprint density at radius 2 is 2.50 bits per heavy atom. The minimum absolute atomic E-state index is 0.0596. The number of ketones is 1. The number of rotatable bonds is 2. The highest BCUT2D eigenvalue weighted by atomic mass is 16.5. The first-order valence-corrected chi connectivity index (χ1v) is 5.10. The van der Waals surface area contributed by atoms with Crippen LogP contribution in [0, 0.1) is 11.3 Å². The lowest BCUT2D eigenvalue weighted by atomic mass is 9.80. The number of esters is 1. The number of fused-ring (bicyclic) bond motifs is 2. The third-order valence-corrected chi connectivity index (χ3v) is 3.16. The van der Waals surface area contributed by atoms with Gasteiger partial charge in [-0.05, 0) is 26.2 Å². The van der Waals surface area contributed by atoms with E-state index in [1.807, 2.05) is 6.08 Å². The summed E-state index contributed by atoms with van der Waals surface area (Å²) in [5.74, 6) is -0.230.